The SMILES string of the molecule is C=CCn1c(=O)c2ccccc2n2c(=S)n(CN(C)CC3CC3)nc12. The second-order valence-electron chi connectivity index (χ2n) is 6.76. The van der Waals surface area contributed by atoms with Crippen LogP contribution in [0, 0.1) is 10.7 Å². The van der Waals surface area contributed by atoms with Gasteiger partial charge < -0.3 is 0 Å². The number of benzene rings is 1. The van der Waals surface area contributed by atoms with Gasteiger partial charge in [0.15, 0.2) is 0 Å². The van der Waals surface area contributed by atoms with E-state index in [1.54, 1.807) is 15.3 Å². The van der Waals surface area contributed by atoms with Gasteiger partial charge in [-0.15, -0.1) is 11.7 Å². The molecule has 6 nitrogen and oxygen atoms in total. The fourth-order valence-corrected chi connectivity index (χ4v) is 3.56. The quantitative estimate of drug-likeness (QED) is 0.504. The summed E-state index contributed by atoms with van der Waals surface area (Å²) < 4.78 is 5.92. The zero-order valence-electron chi connectivity index (χ0n) is 14.3. The van der Waals surface area contributed by atoms with Crippen LogP contribution >= 0.6 is 12.2 Å². The maximum Gasteiger partial charge on any atom is 0.263 e. The largest absolute Gasteiger partial charge is 0.287 e. The Balaban J connectivity index is 1.92. The van der Waals surface area contributed by atoms with E-state index in [9.17, 15) is 4.79 Å². The van der Waals surface area contributed by atoms with Crippen molar-refractivity contribution in [1.29, 1.82) is 0 Å². The van der Waals surface area contributed by atoms with Crippen molar-refractivity contribution in [1.82, 2.24) is 23.6 Å². The lowest BCUT2D eigenvalue weighted by Crippen LogP contribution is -2.25. The van der Waals surface area contributed by atoms with Crippen molar-refractivity contribution in [2.75, 3.05) is 13.6 Å². The Morgan fingerprint density at radius 1 is 1.40 bits per heavy atom. The van der Waals surface area contributed by atoms with Crippen LogP contribution in [0.2, 0.25) is 0 Å². The zero-order valence-corrected chi connectivity index (χ0v) is 15.1. The highest BCUT2D eigenvalue weighted by molar-refractivity contribution is 7.71. The van der Waals surface area contributed by atoms with Crippen molar-refractivity contribution < 1.29 is 0 Å². The summed E-state index contributed by atoms with van der Waals surface area (Å²) in [5, 5.41) is 5.30. The predicted molar refractivity (Wildman–Crippen MR) is 101 cm³/mol. The van der Waals surface area contributed by atoms with Gasteiger partial charge in [-0.2, -0.15) is 0 Å². The van der Waals surface area contributed by atoms with Crippen LogP contribution in [0.5, 0.6) is 0 Å². The molecule has 0 amide bonds. The summed E-state index contributed by atoms with van der Waals surface area (Å²) in [6.45, 7) is 5.83. The molecule has 1 aliphatic rings. The van der Waals surface area contributed by atoms with Crippen LogP contribution < -0.4 is 5.56 Å². The highest BCUT2D eigenvalue weighted by atomic mass is 32.1. The Hall–Kier alpha value is -2.25. The molecule has 0 radical (unpaired) electrons. The van der Waals surface area contributed by atoms with Crippen molar-refractivity contribution in [3.05, 3.63) is 52.0 Å². The van der Waals surface area contributed by atoms with Gasteiger partial charge in [-0.3, -0.25) is 18.7 Å². The standard InChI is InChI=1S/C18H21N5OS/c1-3-10-21-16(24)14-6-4-5-7-15(14)23-17(21)19-22(18(23)25)12-20(2)11-13-8-9-13/h3-7,13H,1,8-12H2,2H3. The molecular weight excluding hydrogens is 334 g/mol. The highest BCUT2D eigenvalue weighted by Crippen LogP contribution is 2.29. The van der Waals surface area contributed by atoms with Gasteiger partial charge in [0.2, 0.25) is 10.5 Å². The van der Waals surface area contributed by atoms with Crippen LogP contribution in [0.1, 0.15) is 12.8 Å². The van der Waals surface area contributed by atoms with Gasteiger partial charge in [0.25, 0.3) is 5.56 Å². The Kier molecular flexibility index (Phi) is 4.05. The molecule has 0 saturated heterocycles. The first kappa shape index (κ1) is 16.2. The minimum absolute atomic E-state index is 0.0681. The van der Waals surface area contributed by atoms with Crippen molar-refractivity contribution >= 4 is 28.9 Å². The molecule has 1 aromatic carbocycles. The summed E-state index contributed by atoms with van der Waals surface area (Å²) in [5.41, 5.74) is 0.727. The van der Waals surface area contributed by atoms with Gasteiger partial charge in [0.05, 0.1) is 17.6 Å². The van der Waals surface area contributed by atoms with Crippen molar-refractivity contribution in [2.24, 2.45) is 5.92 Å². The van der Waals surface area contributed by atoms with E-state index < -0.39 is 0 Å². The van der Waals surface area contributed by atoms with Gasteiger partial charge in [0.1, 0.15) is 0 Å². The van der Waals surface area contributed by atoms with Crippen LogP contribution in [-0.2, 0) is 13.2 Å². The summed E-state index contributed by atoms with van der Waals surface area (Å²) in [5.74, 6) is 1.37. The summed E-state index contributed by atoms with van der Waals surface area (Å²) >= 11 is 5.68. The van der Waals surface area contributed by atoms with E-state index in [1.807, 2.05) is 28.7 Å². The van der Waals surface area contributed by atoms with E-state index in [2.05, 4.69) is 23.6 Å². The third-order valence-electron chi connectivity index (χ3n) is 4.64. The van der Waals surface area contributed by atoms with E-state index in [4.69, 9.17) is 12.2 Å². The van der Waals surface area contributed by atoms with Gasteiger partial charge in [-0.05, 0) is 50.2 Å². The van der Waals surface area contributed by atoms with Crippen molar-refractivity contribution in [3.63, 3.8) is 0 Å². The molecule has 1 saturated carbocycles. The molecule has 7 heteroatoms. The number of rotatable bonds is 6. The third-order valence-corrected chi connectivity index (χ3v) is 5.03. The molecule has 130 valence electrons. The molecule has 1 fully saturated rings. The number of para-hydroxylation sites is 1. The summed E-state index contributed by atoms with van der Waals surface area (Å²) in [6.07, 6.45) is 4.33. The molecule has 3 aromatic rings. The van der Waals surface area contributed by atoms with Crippen LogP contribution in [0.15, 0.2) is 41.7 Å². The highest BCUT2D eigenvalue weighted by Gasteiger charge is 2.23. The topological polar surface area (TPSA) is 47.5 Å². The van der Waals surface area contributed by atoms with Crippen molar-refractivity contribution in [3.8, 4) is 0 Å². The molecule has 0 aliphatic heterocycles. The minimum Gasteiger partial charge on any atom is -0.287 e. The molecule has 1 aliphatic carbocycles. The van der Waals surface area contributed by atoms with Gasteiger partial charge in [-0.25, -0.2) is 4.68 Å². The van der Waals surface area contributed by atoms with Crippen LogP contribution in [-0.4, -0.2) is 37.2 Å². The average Bonchev–Trinajstić information content (AvgIpc) is 3.35. The fraction of sp³-hybridized carbons (Fsp3) is 0.389. The average molecular weight is 355 g/mol. The van der Waals surface area contributed by atoms with E-state index in [0.29, 0.717) is 29.1 Å². The molecular formula is C18H21N5OS. The van der Waals surface area contributed by atoms with E-state index >= 15 is 0 Å². The maximum atomic E-state index is 12.8. The van der Waals surface area contributed by atoms with Gasteiger partial charge >= 0.3 is 0 Å². The Morgan fingerprint density at radius 3 is 2.88 bits per heavy atom. The lowest BCUT2D eigenvalue weighted by atomic mass is 10.2. The summed E-state index contributed by atoms with van der Waals surface area (Å²) in [4.78, 5) is 15.1. The normalized spacial score (nSPS) is 14.6. The van der Waals surface area contributed by atoms with Crippen LogP contribution in [0.3, 0.4) is 0 Å². The van der Waals surface area contributed by atoms with Crippen LogP contribution in [0.25, 0.3) is 16.7 Å². The predicted octanol–water partition coefficient (Wildman–Crippen LogP) is 2.67. The first-order valence-electron chi connectivity index (χ1n) is 8.50. The molecule has 0 spiro atoms. The number of allylic oxidation sites excluding steroid dienone is 1. The first-order valence-corrected chi connectivity index (χ1v) is 8.91. The lowest BCUT2D eigenvalue weighted by Gasteiger charge is -2.15. The Morgan fingerprint density at radius 2 is 2.16 bits per heavy atom. The third kappa shape index (κ3) is 2.83. The molecule has 0 atom stereocenters. The minimum atomic E-state index is -0.0681. The molecule has 4 rings (SSSR count). The smallest absolute Gasteiger partial charge is 0.263 e. The molecule has 0 N–H and O–H groups in total. The first-order chi connectivity index (χ1) is 12.1. The lowest BCUT2D eigenvalue weighted by molar-refractivity contribution is 0.243. The number of nitrogens with zero attached hydrogens (tertiary/aromatic N) is 5. The maximum absolute atomic E-state index is 12.8. The number of aromatic nitrogens is 4. The zero-order chi connectivity index (χ0) is 17.6. The number of hydrogen-bond acceptors (Lipinski definition) is 4. The van der Waals surface area contributed by atoms with Gasteiger partial charge in [0, 0.05) is 13.1 Å². The molecule has 25 heavy (non-hydrogen) atoms. The second-order valence-corrected chi connectivity index (χ2v) is 7.13. The molecule has 2 heterocycles. The Labute approximate surface area is 150 Å². The van der Waals surface area contributed by atoms with Gasteiger partial charge in [-0.1, -0.05) is 18.2 Å². The molecule has 0 bridgehead atoms. The fourth-order valence-electron chi connectivity index (χ4n) is 3.28. The number of fused-ring (bicyclic) bond motifs is 3. The Bertz CT molecular complexity index is 1070. The monoisotopic (exact) mass is 355 g/mol. The summed E-state index contributed by atoms with van der Waals surface area (Å²) in [6, 6.07) is 7.52. The molecule has 2 aromatic heterocycles. The van der Waals surface area contributed by atoms with E-state index in [0.717, 1.165) is 18.0 Å². The van der Waals surface area contributed by atoms with Crippen molar-refractivity contribution in [2.45, 2.75) is 26.1 Å². The summed E-state index contributed by atoms with van der Waals surface area (Å²) in [7, 11) is 2.08. The molecule has 0 unspecified atom stereocenters. The second kappa shape index (κ2) is 6.24. The van der Waals surface area contributed by atoms with E-state index in [-0.39, 0.29) is 5.56 Å². The number of hydrogen-bond donors (Lipinski definition) is 0. The van der Waals surface area contributed by atoms with E-state index in [1.165, 1.54) is 12.8 Å². The van der Waals surface area contributed by atoms with Crippen LogP contribution in [0.4, 0.5) is 0 Å².